The highest BCUT2D eigenvalue weighted by molar-refractivity contribution is 7.90. The Morgan fingerprint density at radius 3 is 2.51 bits per heavy atom. The minimum Gasteiger partial charge on any atom is -0.483 e. The Kier molecular flexibility index (Phi) is 8.17. The molecule has 0 aromatic heterocycles. The average molecular weight is 668 g/mol. The number of hydrogen-bond acceptors (Lipinski definition) is 6. The van der Waals surface area contributed by atoms with Gasteiger partial charge in [0.1, 0.15) is 27.0 Å². The summed E-state index contributed by atoms with van der Waals surface area (Å²) in [6.45, 7) is 2.39. The number of carbonyl (C=O) groups is 1. The lowest BCUT2D eigenvalue weighted by Crippen LogP contribution is -2.51. The van der Waals surface area contributed by atoms with E-state index in [9.17, 15) is 26.4 Å². The van der Waals surface area contributed by atoms with Crippen molar-refractivity contribution < 1.29 is 31.1 Å². The molecule has 2 spiro atoms. The number of benzene rings is 3. The van der Waals surface area contributed by atoms with Gasteiger partial charge in [0.15, 0.2) is 11.6 Å². The minimum absolute atomic E-state index is 0.0347. The zero-order valence-electron chi connectivity index (χ0n) is 26.5. The summed E-state index contributed by atoms with van der Waals surface area (Å²) in [5, 5.41) is 6.38. The predicted octanol–water partition coefficient (Wildman–Crippen LogP) is 6.02. The first-order chi connectivity index (χ1) is 22.4. The maximum Gasteiger partial charge on any atom is 0.220 e. The first kappa shape index (κ1) is 31.8. The maximum absolute atomic E-state index is 14.7. The van der Waals surface area contributed by atoms with Crippen LogP contribution in [0.5, 0.6) is 5.75 Å². The monoisotopic (exact) mass is 667 g/mol. The number of amides is 1. The molecule has 250 valence electrons. The third-order valence-corrected chi connectivity index (χ3v) is 11.7. The van der Waals surface area contributed by atoms with Gasteiger partial charge in [0, 0.05) is 43.6 Å². The van der Waals surface area contributed by atoms with Crippen molar-refractivity contribution in [1.82, 2.24) is 5.32 Å². The van der Waals surface area contributed by atoms with E-state index < -0.39 is 27.5 Å². The standard InChI is InChI=1S/C36H40F3N3O4S/c1-47(44,45)21-26(15-23-3-7-30(38)31(39)16-23)41-34(43)17-24-20-35(29-18-25(37)4-6-28(24)29)11-13-42(14-12-35)27-5-8-32-33(19-27)46-36(22-40-32)9-2-10-36/h3-8,16,18-19,24,26,40H,2,9-15,17,20-22H2,1H3,(H,41,43)/t24-,26-/m1/s1. The molecule has 47 heavy (non-hydrogen) atoms. The molecule has 0 unspecified atom stereocenters. The third-order valence-electron chi connectivity index (χ3n) is 10.7. The molecule has 1 saturated carbocycles. The van der Waals surface area contributed by atoms with Crippen LogP contribution in [0.4, 0.5) is 24.5 Å². The minimum atomic E-state index is -3.49. The Bertz CT molecular complexity index is 1800. The van der Waals surface area contributed by atoms with E-state index in [0.717, 1.165) is 92.0 Å². The number of ether oxygens (including phenoxy) is 1. The van der Waals surface area contributed by atoms with E-state index in [-0.39, 0.29) is 47.3 Å². The van der Waals surface area contributed by atoms with E-state index in [0.29, 0.717) is 12.0 Å². The van der Waals surface area contributed by atoms with Crippen molar-refractivity contribution in [2.24, 2.45) is 0 Å². The van der Waals surface area contributed by atoms with Gasteiger partial charge in [-0.15, -0.1) is 0 Å². The first-order valence-electron chi connectivity index (χ1n) is 16.4. The van der Waals surface area contributed by atoms with E-state index >= 15 is 0 Å². The second kappa shape index (κ2) is 12.1. The third kappa shape index (κ3) is 6.55. The Morgan fingerprint density at radius 1 is 1.02 bits per heavy atom. The molecule has 2 heterocycles. The molecule has 1 saturated heterocycles. The van der Waals surface area contributed by atoms with Crippen LogP contribution in [0.25, 0.3) is 0 Å². The van der Waals surface area contributed by atoms with Gasteiger partial charge in [0.2, 0.25) is 5.91 Å². The van der Waals surface area contributed by atoms with Crippen LogP contribution in [-0.4, -0.2) is 57.6 Å². The molecular weight excluding hydrogens is 627 g/mol. The van der Waals surface area contributed by atoms with Crippen LogP contribution in [0.1, 0.15) is 67.6 Å². The highest BCUT2D eigenvalue weighted by Crippen LogP contribution is 2.53. The van der Waals surface area contributed by atoms with Crippen LogP contribution in [0.15, 0.2) is 54.6 Å². The van der Waals surface area contributed by atoms with Crippen molar-refractivity contribution in [2.75, 3.05) is 41.9 Å². The van der Waals surface area contributed by atoms with Crippen molar-refractivity contribution in [1.29, 1.82) is 0 Å². The molecule has 3 aromatic rings. The highest BCUT2D eigenvalue weighted by Gasteiger charge is 2.47. The summed E-state index contributed by atoms with van der Waals surface area (Å²) in [4.78, 5) is 15.8. The zero-order chi connectivity index (χ0) is 33.0. The summed E-state index contributed by atoms with van der Waals surface area (Å²) in [5.74, 6) is -2.27. The largest absolute Gasteiger partial charge is 0.483 e. The molecule has 0 radical (unpaired) electrons. The van der Waals surface area contributed by atoms with Crippen LogP contribution < -0.4 is 20.3 Å². The number of anilines is 2. The lowest BCUT2D eigenvalue weighted by molar-refractivity contribution is -0.122. The van der Waals surface area contributed by atoms with Crippen molar-refractivity contribution >= 4 is 27.1 Å². The molecule has 7 rings (SSSR count). The van der Waals surface area contributed by atoms with Crippen LogP contribution in [-0.2, 0) is 26.5 Å². The molecule has 11 heteroatoms. The number of sulfone groups is 1. The molecule has 2 N–H and O–H groups in total. The molecule has 2 aliphatic carbocycles. The quantitative estimate of drug-likeness (QED) is 0.306. The molecule has 1 amide bonds. The van der Waals surface area contributed by atoms with Gasteiger partial charge >= 0.3 is 0 Å². The molecule has 2 atom stereocenters. The summed E-state index contributed by atoms with van der Waals surface area (Å²) in [7, 11) is -3.49. The Morgan fingerprint density at radius 2 is 1.81 bits per heavy atom. The van der Waals surface area contributed by atoms with E-state index in [4.69, 9.17) is 4.74 Å². The second-order valence-electron chi connectivity index (χ2n) is 14.1. The van der Waals surface area contributed by atoms with Crippen molar-refractivity contribution in [2.45, 2.75) is 74.3 Å². The van der Waals surface area contributed by atoms with Gasteiger partial charge in [-0.1, -0.05) is 12.1 Å². The Labute approximate surface area is 273 Å². The molecule has 2 fully saturated rings. The molecule has 7 nitrogen and oxygen atoms in total. The number of rotatable bonds is 8. The number of nitrogens with one attached hydrogen (secondary N) is 2. The number of fused-ring (bicyclic) bond motifs is 3. The van der Waals surface area contributed by atoms with Gasteiger partial charge in [-0.05, 0) is 109 Å². The zero-order valence-corrected chi connectivity index (χ0v) is 27.3. The van der Waals surface area contributed by atoms with Crippen LogP contribution in [0.3, 0.4) is 0 Å². The highest BCUT2D eigenvalue weighted by atomic mass is 32.2. The van der Waals surface area contributed by atoms with E-state index in [2.05, 4.69) is 33.7 Å². The fraction of sp³-hybridized carbons (Fsp3) is 0.472. The van der Waals surface area contributed by atoms with Gasteiger partial charge in [-0.25, -0.2) is 21.6 Å². The Balaban J connectivity index is 1.04. The normalized spacial score (nSPS) is 21.3. The molecule has 2 aliphatic heterocycles. The first-order valence-corrected chi connectivity index (χ1v) is 18.5. The van der Waals surface area contributed by atoms with E-state index in [1.54, 1.807) is 12.1 Å². The molecular formula is C36H40F3N3O4S. The SMILES string of the molecule is CS(=O)(=O)C[C@@H](Cc1ccc(F)c(F)c1)NC(=O)C[C@@H]1CC2(CCN(c3ccc4c(c3)OC3(CCC3)CN4)CC2)c2cc(F)ccc21. The fourth-order valence-electron chi connectivity index (χ4n) is 8.18. The molecule has 3 aromatic carbocycles. The molecule has 0 bridgehead atoms. The smallest absolute Gasteiger partial charge is 0.220 e. The lowest BCUT2D eigenvalue weighted by atomic mass is 9.73. The number of hydrogen-bond donors (Lipinski definition) is 2. The molecule has 4 aliphatic rings. The number of nitrogens with zero attached hydrogens (tertiary/aromatic N) is 1. The van der Waals surface area contributed by atoms with Crippen molar-refractivity contribution in [3.63, 3.8) is 0 Å². The predicted molar refractivity (Wildman–Crippen MR) is 175 cm³/mol. The topological polar surface area (TPSA) is 87.7 Å². The summed E-state index contributed by atoms with van der Waals surface area (Å²) in [5.41, 5.74) is 4.05. The van der Waals surface area contributed by atoms with Gasteiger partial charge in [-0.2, -0.15) is 0 Å². The van der Waals surface area contributed by atoms with Gasteiger partial charge in [0.25, 0.3) is 0 Å². The van der Waals surface area contributed by atoms with Crippen molar-refractivity contribution in [3.8, 4) is 5.75 Å². The van der Waals surface area contributed by atoms with Crippen LogP contribution in [0.2, 0.25) is 0 Å². The fourth-order valence-corrected chi connectivity index (χ4v) is 9.11. The van der Waals surface area contributed by atoms with Gasteiger partial charge in [0.05, 0.1) is 18.0 Å². The van der Waals surface area contributed by atoms with Gasteiger partial charge in [-0.3, -0.25) is 4.79 Å². The summed E-state index contributed by atoms with van der Waals surface area (Å²) in [6, 6.07) is 13.7. The average Bonchev–Trinajstić information content (AvgIpc) is 3.28. The van der Waals surface area contributed by atoms with Crippen LogP contribution >= 0.6 is 0 Å². The summed E-state index contributed by atoms with van der Waals surface area (Å²) >= 11 is 0. The summed E-state index contributed by atoms with van der Waals surface area (Å²) in [6.07, 6.45) is 6.83. The van der Waals surface area contributed by atoms with E-state index in [1.807, 2.05) is 0 Å². The lowest BCUT2D eigenvalue weighted by Gasteiger charge is -2.46. The van der Waals surface area contributed by atoms with Crippen LogP contribution in [0, 0.1) is 17.5 Å². The number of halogens is 3. The Hall–Kier alpha value is -3.73. The van der Waals surface area contributed by atoms with Gasteiger partial charge < -0.3 is 20.3 Å². The van der Waals surface area contributed by atoms with Crippen molar-refractivity contribution in [3.05, 3.63) is 88.7 Å². The summed E-state index contributed by atoms with van der Waals surface area (Å²) < 4.78 is 72.8. The van der Waals surface area contributed by atoms with E-state index in [1.165, 1.54) is 18.6 Å². The number of carbonyl (C=O) groups excluding carboxylic acids is 1. The number of piperidine rings is 1. The second-order valence-corrected chi connectivity index (χ2v) is 16.3. The maximum atomic E-state index is 14.7.